The molecule has 0 spiro atoms. The number of fused-ring (bicyclic) bond motifs is 1. The van der Waals surface area contributed by atoms with Gasteiger partial charge in [0.2, 0.25) is 17.5 Å². The van der Waals surface area contributed by atoms with Crippen molar-refractivity contribution in [2.45, 2.75) is 64.4 Å². The Morgan fingerprint density at radius 2 is 1.64 bits per heavy atom. The van der Waals surface area contributed by atoms with Crippen LogP contribution in [0.1, 0.15) is 31.9 Å². The minimum absolute atomic E-state index is 0.0123. The van der Waals surface area contributed by atoms with Crippen LogP contribution >= 0.6 is 0 Å². The molecule has 2 saturated heterocycles. The van der Waals surface area contributed by atoms with Gasteiger partial charge in [-0.25, -0.2) is 0 Å². The third-order valence-electron chi connectivity index (χ3n) is 8.53. The zero-order valence-corrected chi connectivity index (χ0v) is 26.2. The molecule has 45 heavy (non-hydrogen) atoms. The van der Waals surface area contributed by atoms with E-state index >= 15 is 0 Å². The van der Waals surface area contributed by atoms with E-state index in [2.05, 4.69) is 9.80 Å². The first-order valence-electron chi connectivity index (χ1n) is 15.0. The molecule has 3 aromatic rings. The Bertz CT molecular complexity index is 1610. The maximum atomic E-state index is 14.4. The van der Waals surface area contributed by atoms with Crippen LogP contribution in [0.15, 0.2) is 45.1 Å². The van der Waals surface area contributed by atoms with E-state index in [1.807, 2.05) is 27.0 Å². The van der Waals surface area contributed by atoms with Gasteiger partial charge in [0.1, 0.15) is 46.5 Å². The van der Waals surface area contributed by atoms with E-state index in [1.54, 1.807) is 24.3 Å². The number of phenolic OH excluding ortho intramolecular Hbond substituents is 2. The van der Waals surface area contributed by atoms with Crippen LogP contribution in [0.5, 0.6) is 23.0 Å². The first-order valence-corrected chi connectivity index (χ1v) is 15.0. The summed E-state index contributed by atoms with van der Waals surface area (Å²) in [7, 11) is 3.55. The molecule has 3 heterocycles. The van der Waals surface area contributed by atoms with Gasteiger partial charge in [-0.3, -0.25) is 9.69 Å². The SMILES string of the molecule is COc1ccc(-c2oc3c(CC=C(C)C)c(O)c(CN4CCN(C)CC4)c(O)c3c(=O)c2O[C@@H]2O[C@@H](C)[C@H](O)[C@@H](O)[C@H]2O)cc1. The molecular formula is C33H42N2O10. The standard InChI is InChI=1S/C33H42N2O10/c1-17(2)6-11-21-25(37)22(16-35-14-12-34(4)13-15-35)26(38)23-27(39)32(45-33-29(41)28(40)24(36)18(3)43-33)30(44-31(21)23)19-7-9-20(42-5)10-8-19/h6-10,18,24,28-29,33,36-38,40-41H,11-16H2,1-5H3/t18-,24-,28+,29+,33-/m0/s1. The zero-order chi connectivity index (χ0) is 32.6. The summed E-state index contributed by atoms with van der Waals surface area (Å²) >= 11 is 0. The van der Waals surface area contributed by atoms with Gasteiger partial charge in [0.05, 0.1) is 18.8 Å². The number of phenols is 2. The lowest BCUT2D eigenvalue weighted by atomic mass is 9.97. The van der Waals surface area contributed by atoms with Gasteiger partial charge in [0.15, 0.2) is 5.76 Å². The lowest BCUT2D eigenvalue weighted by molar-refractivity contribution is -0.268. The molecule has 0 radical (unpaired) electrons. The van der Waals surface area contributed by atoms with Gasteiger partial charge in [0.25, 0.3) is 0 Å². The predicted molar refractivity (Wildman–Crippen MR) is 167 cm³/mol. The van der Waals surface area contributed by atoms with Gasteiger partial charge in [-0.05, 0) is 58.5 Å². The predicted octanol–water partition coefficient (Wildman–Crippen LogP) is 2.34. The molecule has 0 aliphatic carbocycles. The smallest absolute Gasteiger partial charge is 0.239 e. The fraction of sp³-hybridized carbons (Fsp3) is 0.485. The normalized spacial score (nSPS) is 24.5. The summed E-state index contributed by atoms with van der Waals surface area (Å²) in [6.45, 7) is 8.57. The average molecular weight is 627 g/mol. The van der Waals surface area contributed by atoms with E-state index in [4.69, 9.17) is 18.6 Å². The lowest BCUT2D eigenvalue weighted by Crippen LogP contribution is -2.58. The number of hydrogen-bond donors (Lipinski definition) is 5. The number of hydrogen-bond acceptors (Lipinski definition) is 12. The minimum Gasteiger partial charge on any atom is -0.507 e. The van der Waals surface area contributed by atoms with Gasteiger partial charge in [-0.1, -0.05) is 11.6 Å². The number of allylic oxidation sites excluding steroid dienone is 2. The third kappa shape index (κ3) is 6.53. The molecule has 244 valence electrons. The summed E-state index contributed by atoms with van der Waals surface area (Å²) in [6.07, 6.45) is -5.06. The van der Waals surface area contributed by atoms with Crippen LogP contribution < -0.4 is 14.9 Å². The van der Waals surface area contributed by atoms with E-state index in [-0.39, 0.29) is 46.8 Å². The van der Waals surface area contributed by atoms with Gasteiger partial charge in [0, 0.05) is 43.9 Å². The Labute approximate surface area is 261 Å². The second-order valence-corrected chi connectivity index (χ2v) is 12.0. The van der Waals surface area contributed by atoms with Gasteiger partial charge in [-0.2, -0.15) is 0 Å². The zero-order valence-electron chi connectivity index (χ0n) is 26.2. The molecular weight excluding hydrogens is 584 g/mol. The highest BCUT2D eigenvalue weighted by Crippen LogP contribution is 2.43. The Balaban J connectivity index is 1.74. The van der Waals surface area contributed by atoms with Crippen LogP contribution in [0.3, 0.4) is 0 Å². The van der Waals surface area contributed by atoms with Crippen LogP contribution in [0.25, 0.3) is 22.3 Å². The number of ether oxygens (including phenoxy) is 3. The van der Waals surface area contributed by atoms with Crippen LogP contribution in [-0.4, -0.2) is 106 Å². The van der Waals surface area contributed by atoms with E-state index in [1.165, 1.54) is 14.0 Å². The summed E-state index contributed by atoms with van der Waals surface area (Å²) in [5.41, 5.74) is 1.13. The van der Waals surface area contributed by atoms with Crippen LogP contribution in [0.4, 0.5) is 0 Å². The molecule has 2 fully saturated rings. The van der Waals surface area contributed by atoms with Crippen molar-refractivity contribution in [1.29, 1.82) is 0 Å². The number of aliphatic hydroxyl groups excluding tert-OH is 3. The number of nitrogens with zero attached hydrogens (tertiary/aromatic N) is 2. The Morgan fingerprint density at radius 3 is 2.27 bits per heavy atom. The van der Waals surface area contributed by atoms with Crippen molar-refractivity contribution < 1.29 is 44.2 Å². The molecule has 0 bridgehead atoms. The first kappa shape index (κ1) is 32.7. The Kier molecular flexibility index (Phi) is 9.73. The van der Waals surface area contributed by atoms with Crippen molar-refractivity contribution in [1.82, 2.24) is 9.80 Å². The summed E-state index contributed by atoms with van der Waals surface area (Å²) in [5.74, 6) is -0.480. The van der Waals surface area contributed by atoms with Crippen molar-refractivity contribution in [2.24, 2.45) is 0 Å². The number of aliphatic hydroxyl groups is 3. The second kappa shape index (κ2) is 13.4. The van der Waals surface area contributed by atoms with E-state index < -0.39 is 41.9 Å². The molecule has 5 rings (SSSR count). The number of benzene rings is 2. The minimum atomic E-state index is -1.70. The lowest BCUT2D eigenvalue weighted by Gasteiger charge is -2.38. The summed E-state index contributed by atoms with van der Waals surface area (Å²) in [6, 6.07) is 6.62. The van der Waals surface area contributed by atoms with Crippen LogP contribution in [0.2, 0.25) is 0 Å². The molecule has 12 nitrogen and oxygen atoms in total. The third-order valence-corrected chi connectivity index (χ3v) is 8.53. The maximum Gasteiger partial charge on any atom is 0.239 e. The highest BCUT2D eigenvalue weighted by atomic mass is 16.7. The van der Waals surface area contributed by atoms with E-state index in [0.29, 0.717) is 30.0 Å². The quantitative estimate of drug-likeness (QED) is 0.232. The Hall–Kier alpha value is -3.65. The molecule has 0 saturated carbocycles. The Morgan fingerprint density at radius 1 is 0.978 bits per heavy atom. The number of methoxy groups -OCH3 is 1. The van der Waals surface area contributed by atoms with Crippen molar-refractivity contribution in [3.8, 4) is 34.3 Å². The second-order valence-electron chi connectivity index (χ2n) is 12.0. The monoisotopic (exact) mass is 626 g/mol. The summed E-state index contributed by atoms with van der Waals surface area (Å²) in [5, 5.41) is 54.3. The molecule has 12 heteroatoms. The molecule has 0 unspecified atom stereocenters. The number of aromatic hydroxyl groups is 2. The van der Waals surface area contributed by atoms with Crippen molar-refractivity contribution >= 4 is 11.0 Å². The summed E-state index contributed by atoms with van der Waals surface area (Å²) < 4.78 is 23.3. The molecule has 5 N–H and O–H groups in total. The van der Waals surface area contributed by atoms with E-state index in [9.17, 15) is 30.3 Å². The number of rotatable bonds is 8. The average Bonchev–Trinajstić information content (AvgIpc) is 3.02. The van der Waals surface area contributed by atoms with Gasteiger partial charge >= 0.3 is 0 Å². The maximum absolute atomic E-state index is 14.4. The topological polar surface area (TPSA) is 166 Å². The van der Waals surface area contributed by atoms with Gasteiger partial charge < -0.3 is 49.1 Å². The van der Waals surface area contributed by atoms with Crippen molar-refractivity contribution in [2.75, 3.05) is 40.3 Å². The highest BCUT2D eigenvalue weighted by Gasteiger charge is 2.44. The fourth-order valence-corrected chi connectivity index (χ4v) is 5.64. The van der Waals surface area contributed by atoms with Crippen molar-refractivity contribution in [3.05, 3.63) is 57.3 Å². The van der Waals surface area contributed by atoms with E-state index in [0.717, 1.165) is 18.7 Å². The molecule has 2 aromatic carbocycles. The highest BCUT2D eigenvalue weighted by molar-refractivity contribution is 5.93. The molecule has 0 amide bonds. The van der Waals surface area contributed by atoms with Gasteiger partial charge in [-0.15, -0.1) is 0 Å². The first-order chi connectivity index (χ1) is 21.4. The van der Waals surface area contributed by atoms with Crippen LogP contribution in [0, 0.1) is 0 Å². The summed E-state index contributed by atoms with van der Waals surface area (Å²) in [4.78, 5) is 18.7. The fourth-order valence-electron chi connectivity index (χ4n) is 5.64. The molecule has 1 aromatic heterocycles. The molecule has 5 atom stereocenters. The molecule has 2 aliphatic rings. The molecule has 2 aliphatic heterocycles. The largest absolute Gasteiger partial charge is 0.507 e. The van der Waals surface area contributed by atoms with Crippen molar-refractivity contribution in [3.63, 3.8) is 0 Å². The number of likely N-dealkylation sites (N-methyl/N-ethyl adjacent to an activating group) is 1. The van der Waals surface area contributed by atoms with Crippen LogP contribution in [-0.2, 0) is 17.7 Å². The number of piperazine rings is 1.